The quantitative estimate of drug-likeness (QED) is 0.296. The van der Waals surface area contributed by atoms with E-state index in [1.807, 2.05) is 49.4 Å². The lowest BCUT2D eigenvalue weighted by Gasteiger charge is -2.37. The van der Waals surface area contributed by atoms with Crippen LogP contribution in [0.4, 0.5) is 10.1 Å². The first kappa shape index (κ1) is 23.9. The molecule has 0 saturated carbocycles. The number of hydrogen-bond acceptors (Lipinski definition) is 6. The van der Waals surface area contributed by atoms with Gasteiger partial charge in [-0.2, -0.15) is 0 Å². The van der Waals surface area contributed by atoms with Gasteiger partial charge in [0.15, 0.2) is 0 Å². The lowest BCUT2D eigenvalue weighted by Crippen LogP contribution is -2.49. The van der Waals surface area contributed by atoms with Crippen LogP contribution in [0.3, 0.4) is 0 Å². The van der Waals surface area contributed by atoms with Crippen LogP contribution in [-0.2, 0) is 0 Å². The number of halogens is 1. The molecule has 7 heteroatoms. The fourth-order valence-corrected chi connectivity index (χ4v) is 4.94. The molecule has 2 heterocycles. The highest BCUT2D eigenvalue weighted by molar-refractivity contribution is 6.00. The number of nitrogen functional groups attached to an aromatic ring is 1. The zero-order valence-electron chi connectivity index (χ0n) is 20.2. The van der Waals surface area contributed by atoms with Crippen molar-refractivity contribution in [1.82, 2.24) is 4.90 Å². The van der Waals surface area contributed by atoms with E-state index in [-0.39, 0.29) is 18.3 Å². The zero-order chi connectivity index (χ0) is 25.2. The van der Waals surface area contributed by atoms with E-state index >= 15 is 0 Å². The van der Waals surface area contributed by atoms with Crippen LogP contribution in [0.15, 0.2) is 60.7 Å². The molecule has 186 valence electrons. The van der Waals surface area contributed by atoms with Crippen molar-refractivity contribution in [3.8, 4) is 17.2 Å². The average Bonchev–Trinajstić information content (AvgIpc) is 2.86. The number of nitrogens with one attached hydrogen (secondary N) is 1. The van der Waals surface area contributed by atoms with Crippen LogP contribution in [0, 0.1) is 11.3 Å². The molecule has 1 saturated heterocycles. The molecule has 1 unspecified atom stereocenters. The molecule has 0 aromatic heterocycles. The molecule has 2 aliphatic heterocycles. The maximum atomic E-state index is 12.6. The number of rotatable bonds is 8. The van der Waals surface area contributed by atoms with E-state index < -0.39 is 6.10 Å². The number of phenolic OH excluding ortho intramolecular Hbond substituents is 1. The third kappa shape index (κ3) is 4.54. The van der Waals surface area contributed by atoms with Gasteiger partial charge in [-0.3, -0.25) is 9.29 Å². The number of nitrogens with two attached hydrogens (primary N) is 1. The van der Waals surface area contributed by atoms with E-state index in [1.165, 1.54) is 6.21 Å². The van der Waals surface area contributed by atoms with E-state index in [4.69, 9.17) is 20.6 Å². The van der Waals surface area contributed by atoms with Crippen molar-refractivity contribution >= 4 is 23.0 Å². The predicted octanol–water partition coefficient (Wildman–Crippen LogP) is 5.32. The molecular formula is C29H30FN3O3. The van der Waals surface area contributed by atoms with Crippen LogP contribution in [0.1, 0.15) is 35.3 Å². The van der Waals surface area contributed by atoms with Crippen molar-refractivity contribution in [3.63, 3.8) is 0 Å². The zero-order valence-corrected chi connectivity index (χ0v) is 20.2. The maximum absolute atomic E-state index is 12.6. The molecule has 2 aliphatic rings. The first-order chi connectivity index (χ1) is 17.5. The van der Waals surface area contributed by atoms with Crippen molar-refractivity contribution in [3.05, 3.63) is 82.9 Å². The Morgan fingerprint density at radius 1 is 1.11 bits per heavy atom. The van der Waals surface area contributed by atoms with Gasteiger partial charge < -0.3 is 25.7 Å². The summed E-state index contributed by atoms with van der Waals surface area (Å²) in [6.45, 7) is 4.72. The highest BCUT2D eigenvalue weighted by atomic mass is 19.1. The summed E-state index contributed by atoms with van der Waals surface area (Å²) in [7, 11) is 0. The van der Waals surface area contributed by atoms with Gasteiger partial charge in [0, 0.05) is 48.6 Å². The van der Waals surface area contributed by atoms with Crippen LogP contribution >= 0.6 is 0 Å². The number of hydrogen-bond donors (Lipinski definition) is 3. The van der Waals surface area contributed by atoms with Gasteiger partial charge in [0.1, 0.15) is 30.0 Å². The van der Waals surface area contributed by atoms with Crippen LogP contribution in [-0.4, -0.2) is 49.1 Å². The second kappa shape index (κ2) is 10.0. The van der Waals surface area contributed by atoms with E-state index in [0.717, 1.165) is 53.2 Å². The summed E-state index contributed by atoms with van der Waals surface area (Å²) in [5, 5.41) is 17.7. The van der Waals surface area contributed by atoms with Crippen molar-refractivity contribution in [2.75, 3.05) is 38.6 Å². The largest absolute Gasteiger partial charge is 0.508 e. The summed E-state index contributed by atoms with van der Waals surface area (Å²) < 4.78 is 25.1. The SMILES string of the molecule is CC1=C(c2ccc(O)cc2)C(c2ccc(OCCN3CC(CF)C3)cc2)Oc2c1ccc(N)c2C=N. The molecular weight excluding hydrogens is 457 g/mol. The number of fused-ring (bicyclic) bond motifs is 1. The number of alkyl halides is 1. The summed E-state index contributed by atoms with van der Waals surface area (Å²) in [5.74, 6) is 1.72. The number of ether oxygens (including phenoxy) is 2. The fraction of sp³-hybridized carbons (Fsp3) is 0.276. The van der Waals surface area contributed by atoms with Crippen molar-refractivity contribution in [1.29, 1.82) is 5.41 Å². The standard InChI is InChI=1S/C29H30FN3O3/c1-18-24-10-11-26(32)25(15-31)29(24)36-28(27(18)20-2-6-22(34)7-3-20)21-4-8-23(9-5-21)35-13-12-33-16-19(14-30)17-33/h2-11,15,19,28,31,34H,12-14,16-17,32H2,1H3. The first-order valence-corrected chi connectivity index (χ1v) is 12.1. The van der Waals surface area contributed by atoms with Gasteiger partial charge in [0.2, 0.25) is 0 Å². The predicted molar refractivity (Wildman–Crippen MR) is 141 cm³/mol. The number of allylic oxidation sites excluding steroid dienone is 1. The van der Waals surface area contributed by atoms with E-state index in [1.54, 1.807) is 18.2 Å². The molecule has 0 radical (unpaired) electrons. The Balaban J connectivity index is 1.43. The fourth-order valence-electron chi connectivity index (χ4n) is 4.94. The van der Waals surface area contributed by atoms with Gasteiger partial charge in [-0.1, -0.05) is 24.3 Å². The Kier molecular flexibility index (Phi) is 6.65. The number of nitrogens with zero attached hydrogens (tertiary/aromatic N) is 1. The van der Waals surface area contributed by atoms with Crippen molar-refractivity contribution in [2.45, 2.75) is 13.0 Å². The number of likely N-dealkylation sites (tertiary alicyclic amines) is 1. The summed E-state index contributed by atoms with van der Waals surface area (Å²) in [4.78, 5) is 2.19. The number of benzene rings is 3. The molecule has 36 heavy (non-hydrogen) atoms. The Bertz CT molecular complexity index is 1280. The highest BCUT2D eigenvalue weighted by Gasteiger charge is 2.31. The van der Waals surface area contributed by atoms with E-state index in [9.17, 15) is 9.50 Å². The highest BCUT2D eigenvalue weighted by Crippen LogP contribution is 2.48. The third-order valence-electron chi connectivity index (χ3n) is 6.97. The van der Waals surface area contributed by atoms with E-state index in [2.05, 4.69) is 4.90 Å². The summed E-state index contributed by atoms with van der Waals surface area (Å²) in [6.07, 6.45) is 0.796. The molecule has 3 aromatic carbocycles. The lowest BCUT2D eigenvalue weighted by atomic mass is 9.85. The first-order valence-electron chi connectivity index (χ1n) is 12.1. The van der Waals surface area contributed by atoms with Gasteiger partial charge >= 0.3 is 0 Å². The van der Waals surface area contributed by atoms with Crippen LogP contribution in [0.25, 0.3) is 11.1 Å². The van der Waals surface area contributed by atoms with Crippen LogP contribution in [0.5, 0.6) is 17.2 Å². The monoisotopic (exact) mass is 487 g/mol. The number of phenols is 1. The van der Waals surface area contributed by atoms with Crippen molar-refractivity contribution in [2.24, 2.45) is 5.92 Å². The molecule has 5 rings (SSSR count). The Labute approximate surface area is 210 Å². The Hall–Kier alpha value is -3.84. The lowest BCUT2D eigenvalue weighted by molar-refractivity contribution is 0.0668. The molecule has 4 N–H and O–H groups in total. The summed E-state index contributed by atoms with van der Waals surface area (Å²) in [5.41, 5.74) is 12.0. The molecule has 0 spiro atoms. The summed E-state index contributed by atoms with van der Waals surface area (Å²) in [6, 6.07) is 18.6. The summed E-state index contributed by atoms with van der Waals surface area (Å²) >= 11 is 0. The molecule has 6 nitrogen and oxygen atoms in total. The number of aromatic hydroxyl groups is 1. The van der Waals surface area contributed by atoms with Gasteiger partial charge in [0.05, 0.1) is 12.2 Å². The maximum Gasteiger partial charge on any atom is 0.150 e. The molecule has 0 aliphatic carbocycles. The molecule has 1 fully saturated rings. The molecule has 3 aromatic rings. The number of anilines is 1. The Morgan fingerprint density at radius 2 is 1.83 bits per heavy atom. The van der Waals surface area contributed by atoms with Gasteiger partial charge in [-0.25, -0.2) is 0 Å². The minimum absolute atomic E-state index is 0.174. The van der Waals surface area contributed by atoms with E-state index in [0.29, 0.717) is 23.6 Å². The average molecular weight is 488 g/mol. The topological polar surface area (TPSA) is 91.8 Å². The van der Waals surface area contributed by atoms with Crippen molar-refractivity contribution < 1.29 is 19.0 Å². The molecule has 0 bridgehead atoms. The smallest absolute Gasteiger partial charge is 0.150 e. The van der Waals surface area contributed by atoms with Gasteiger partial charge in [-0.05, 0) is 60.0 Å². The van der Waals surface area contributed by atoms with Crippen LogP contribution in [0.2, 0.25) is 0 Å². The molecule has 1 atom stereocenters. The minimum Gasteiger partial charge on any atom is -0.508 e. The van der Waals surface area contributed by atoms with Gasteiger partial charge in [-0.15, -0.1) is 0 Å². The van der Waals surface area contributed by atoms with Gasteiger partial charge in [0.25, 0.3) is 0 Å². The second-order valence-corrected chi connectivity index (χ2v) is 9.37. The normalized spacial score (nSPS) is 17.8. The minimum atomic E-state index is -0.435. The van der Waals surface area contributed by atoms with Crippen LogP contribution < -0.4 is 15.2 Å². The second-order valence-electron chi connectivity index (χ2n) is 9.37. The Morgan fingerprint density at radius 3 is 2.50 bits per heavy atom. The third-order valence-corrected chi connectivity index (χ3v) is 6.97. The molecule has 0 amide bonds.